The second-order valence-corrected chi connectivity index (χ2v) is 7.51. The van der Waals surface area contributed by atoms with Gasteiger partial charge >= 0.3 is 0 Å². The van der Waals surface area contributed by atoms with E-state index in [1.165, 1.54) is 25.7 Å². The van der Waals surface area contributed by atoms with Gasteiger partial charge in [-0.25, -0.2) is 0 Å². The van der Waals surface area contributed by atoms with Gasteiger partial charge in [-0.15, -0.1) is 0 Å². The van der Waals surface area contributed by atoms with Crippen molar-refractivity contribution in [2.75, 3.05) is 18.5 Å². The first kappa shape index (κ1) is 19.2. The number of hydrogen-bond donors (Lipinski definition) is 2. The molecule has 144 valence electrons. The van der Waals surface area contributed by atoms with Crippen molar-refractivity contribution >= 4 is 11.6 Å². The Balaban J connectivity index is 1.54. The smallest absolute Gasteiger partial charge is 0.241 e. The minimum atomic E-state index is -0.230. The van der Waals surface area contributed by atoms with Gasteiger partial charge in [0.25, 0.3) is 0 Å². The molecule has 1 spiro atoms. The zero-order chi connectivity index (χ0) is 18.6. The van der Waals surface area contributed by atoms with Crippen LogP contribution in [0.5, 0.6) is 5.75 Å². The van der Waals surface area contributed by atoms with Gasteiger partial charge in [-0.05, 0) is 64.3 Å². The van der Waals surface area contributed by atoms with Crippen LogP contribution in [0.1, 0.15) is 52.9 Å². The lowest BCUT2D eigenvalue weighted by atomic mass is 9.60. The molecule has 2 aliphatic carbocycles. The molecule has 3 atom stereocenters. The highest BCUT2D eigenvalue weighted by atomic mass is 16.5. The average molecular weight is 360 g/mol. The first-order valence-electron chi connectivity index (χ1n) is 10.0. The van der Waals surface area contributed by atoms with Crippen LogP contribution >= 0.6 is 0 Å². The third-order valence-corrected chi connectivity index (χ3v) is 5.96. The van der Waals surface area contributed by atoms with Crippen molar-refractivity contribution in [2.24, 2.45) is 5.41 Å². The van der Waals surface area contributed by atoms with Crippen molar-refractivity contribution in [1.29, 1.82) is 0 Å². The number of hydrogen-bond acceptors (Lipinski definition) is 4. The summed E-state index contributed by atoms with van der Waals surface area (Å²) in [7, 11) is 0. The normalized spacial score (nSPS) is 24.9. The molecule has 1 aromatic rings. The summed E-state index contributed by atoms with van der Waals surface area (Å²) in [4.78, 5) is 12.6. The van der Waals surface area contributed by atoms with Crippen LogP contribution in [-0.4, -0.2) is 37.3 Å². The molecule has 0 bridgehead atoms. The minimum absolute atomic E-state index is 0.00201. The fourth-order valence-electron chi connectivity index (χ4n) is 4.55. The predicted molar refractivity (Wildman–Crippen MR) is 104 cm³/mol. The molecule has 0 radical (unpaired) electrons. The zero-order valence-corrected chi connectivity index (χ0v) is 16.2. The molecule has 0 aromatic heterocycles. The number of rotatable bonds is 8. The highest BCUT2D eigenvalue weighted by Gasteiger charge is 2.56. The topological polar surface area (TPSA) is 59.6 Å². The third kappa shape index (κ3) is 3.89. The van der Waals surface area contributed by atoms with Gasteiger partial charge in [0, 0.05) is 23.8 Å². The first-order chi connectivity index (χ1) is 12.6. The van der Waals surface area contributed by atoms with E-state index in [1.807, 2.05) is 38.1 Å². The summed E-state index contributed by atoms with van der Waals surface area (Å²) in [5.74, 6) is 0.818. The van der Waals surface area contributed by atoms with Crippen LogP contribution in [0.2, 0.25) is 0 Å². The van der Waals surface area contributed by atoms with E-state index in [0.29, 0.717) is 18.8 Å². The van der Waals surface area contributed by atoms with E-state index < -0.39 is 0 Å². The second-order valence-electron chi connectivity index (χ2n) is 7.51. The summed E-state index contributed by atoms with van der Waals surface area (Å²) in [6, 6.07) is 7.66. The van der Waals surface area contributed by atoms with E-state index in [4.69, 9.17) is 9.47 Å². The van der Waals surface area contributed by atoms with Gasteiger partial charge in [-0.1, -0.05) is 12.8 Å². The van der Waals surface area contributed by atoms with Gasteiger partial charge in [-0.3, -0.25) is 4.79 Å². The molecule has 2 saturated carbocycles. The molecule has 0 saturated heterocycles. The van der Waals surface area contributed by atoms with E-state index in [2.05, 4.69) is 17.6 Å². The van der Waals surface area contributed by atoms with Crippen molar-refractivity contribution in [3.63, 3.8) is 0 Å². The van der Waals surface area contributed by atoms with Crippen LogP contribution in [0, 0.1) is 5.41 Å². The number of nitrogens with one attached hydrogen (secondary N) is 2. The Morgan fingerprint density at radius 1 is 1.19 bits per heavy atom. The molecule has 2 N–H and O–H groups in total. The summed E-state index contributed by atoms with van der Waals surface area (Å²) in [6.07, 6.45) is 6.33. The molecular weight excluding hydrogens is 328 g/mol. The lowest BCUT2D eigenvalue weighted by Gasteiger charge is -2.55. The number of carbonyl (C=O) groups is 1. The molecule has 5 heteroatoms. The van der Waals surface area contributed by atoms with Crippen molar-refractivity contribution in [3.8, 4) is 5.75 Å². The van der Waals surface area contributed by atoms with Crippen molar-refractivity contribution in [2.45, 2.75) is 71.1 Å². The minimum Gasteiger partial charge on any atom is -0.494 e. The molecule has 3 unspecified atom stereocenters. The summed E-state index contributed by atoms with van der Waals surface area (Å²) in [6.45, 7) is 7.37. The lowest BCUT2D eigenvalue weighted by molar-refractivity contribution is -0.136. The van der Waals surface area contributed by atoms with Gasteiger partial charge in [0.15, 0.2) is 0 Å². The Labute approximate surface area is 156 Å². The maximum atomic E-state index is 12.6. The molecule has 2 fully saturated rings. The maximum absolute atomic E-state index is 12.6. The Kier molecular flexibility index (Phi) is 6.20. The quantitative estimate of drug-likeness (QED) is 0.741. The molecule has 3 rings (SSSR count). The predicted octanol–water partition coefficient (Wildman–Crippen LogP) is 3.74. The molecule has 2 aliphatic rings. The Morgan fingerprint density at radius 3 is 2.50 bits per heavy atom. The van der Waals surface area contributed by atoms with Gasteiger partial charge in [0.2, 0.25) is 5.91 Å². The van der Waals surface area contributed by atoms with Gasteiger partial charge in [0.1, 0.15) is 5.75 Å². The van der Waals surface area contributed by atoms with Crippen molar-refractivity contribution in [3.05, 3.63) is 24.3 Å². The van der Waals surface area contributed by atoms with E-state index in [0.717, 1.165) is 24.5 Å². The lowest BCUT2D eigenvalue weighted by Crippen LogP contribution is -2.65. The van der Waals surface area contributed by atoms with Crippen LogP contribution in [0.3, 0.4) is 0 Å². The number of anilines is 1. The van der Waals surface area contributed by atoms with Crippen LogP contribution in [-0.2, 0) is 9.53 Å². The van der Waals surface area contributed by atoms with E-state index in [1.54, 1.807) is 0 Å². The largest absolute Gasteiger partial charge is 0.494 e. The van der Waals surface area contributed by atoms with Crippen LogP contribution < -0.4 is 15.4 Å². The molecule has 1 amide bonds. The summed E-state index contributed by atoms with van der Waals surface area (Å²) in [5, 5.41) is 6.56. The van der Waals surface area contributed by atoms with Crippen LogP contribution in [0.15, 0.2) is 24.3 Å². The van der Waals surface area contributed by atoms with E-state index in [9.17, 15) is 4.79 Å². The second kappa shape index (κ2) is 8.40. The first-order valence-corrected chi connectivity index (χ1v) is 10.0. The van der Waals surface area contributed by atoms with Gasteiger partial charge < -0.3 is 20.1 Å². The van der Waals surface area contributed by atoms with Gasteiger partial charge in [0.05, 0.1) is 18.8 Å². The van der Waals surface area contributed by atoms with Gasteiger partial charge in [-0.2, -0.15) is 0 Å². The average Bonchev–Trinajstić information content (AvgIpc) is 3.15. The van der Waals surface area contributed by atoms with Crippen molar-refractivity contribution in [1.82, 2.24) is 5.32 Å². The molecule has 5 nitrogen and oxygen atoms in total. The zero-order valence-electron chi connectivity index (χ0n) is 16.2. The molecule has 26 heavy (non-hydrogen) atoms. The molecule has 0 aliphatic heterocycles. The fourth-order valence-corrected chi connectivity index (χ4v) is 4.55. The Hall–Kier alpha value is -1.59. The molecular formula is C21H32N2O3. The van der Waals surface area contributed by atoms with Crippen LogP contribution in [0.25, 0.3) is 0 Å². The standard InChI is InChI=1S/C21H32N2O3/c1-4-25-17-10-8-16(9-11-17)23-20(24)15(3)22-18-14-19(26-5-2)21(18)12-6-7-13-21/h8-11,15,18-19,22H,4-7,12-14H2,1-3H3,(H,23,24). The molecule has 0 heterocycles. The number of ether oxygens (including phenoxy) is 2. The highest BCUT2D eigenvalue weighted by molar-refractivity contribution is 5.94. The van der Waals surface area contributed by atoms with Crippen LogP contribution in [0.4, 0.5) is 5.69 Å². The summed E-state index contributed by atoms with van der Waals surface area (Å²) in [5.41, 5.74) is 1.03. The maximum Gasteiger partial charge on any atom is 0.241 e. The third-order valence-electron chi connectivity index (χ3n) is 5.96. The Bertz CT molecular complexity index is 596. The van der Waals surface area contributed by atoms with E-state index in [-0.39, 0.29) is 17.4 Å². The number of amides is 1. The Morgan fingerprint density at radius 2 is 1.88 bits per heavy atom. The van der Waals surface area contributed by atoms with E-state index >= 15 is 0 Å². The monoisotopic (exact) mass is 360 g/mol. The fraction of sp³-hybridized carbons (Fsp3) is 0.667. The molecule has 1 aromatic carbocycles. The SMILES string of the molecule is CCOc1ccc(NC(=O)C(C)NC2CC(OCC)C23CCCC3)cc1. The number of carbonyl (C=O) groups excluding carboxylic acids is 1. The van der Waals surface area contributed by atoms with Crippen molar-refractivity contribution < 1.29 is 14.3 Å². The summed E-state index contributed by atoms with van der Waals surface area (Å²) >= 11 is 0. The highest BCUT2D eigenvalue weighted by Crippen LogP contribution is 2.54. The number of benzene rings is 1. The summed E-state index contributed by atoms with van der Waals surface area (Å²) < 4.78 is 11.4.